The minimum absolute atomic E-state index is 0.608. The van der Waals surface area contributed by atoms with Crippen molar-refractivity contribution in [3.63, 3.8) is 0 Å². The first-order valence-electron chi connectivity index (χ1n) is 18.2. The summed E-state index contributed by atoms with van der Waals surface area (Å²) >= 11 is 0. The van der Waals surface area contributed by atoms with E-state index in [0.29, 0.717) is 5.69 Å². The number of fused-ring (bicyclic) bond motifs is 14. The molecule has 7 nitrogen and oxygen atoms in total. The summed E-state index contributed by atoms with van der Waals surface area (Å²) in [5, 5.41) is 2.11. The monoisotopic (exact) mass is 705 g/mol. The van der Waals surface area contributed by atoms with E-state index in [0.717, 1.165) is 101 Å². The number of benzene rings is 6. The van der Waals surface area contributed by atoms with Gasteiger partial charge < -0.3 is 18.9 Å². The standard InChI is InChI=1S/C48H27N5O2/c1-49-29-21-24-37-32(27-29)31-11-2-3-14-36(31)53(37)40-17-8-20-43-45(40)48(34-12-9-25-50-46(34)47-35(48)13-10-26-51-47)33-23-22-30(28-44(33)55-43)52-38-15-4-6-18-41(38)54-42-19-7-5-16-39(42)52/h2-28H. The normalized spacial score (nSPS) is 13.8. The van der Waals surface area contributed by atoms with Crippen LogP contribution in [0.1, 0.15) is 22.3 Å². The van der Waals surface area contributed by atoms with Crippen molar-refractivity contribution in [3.8, 4) is 40.1 Å². The predicted octanol–water partition coefficient (Wildman–Crippen LogP) is 12.2. The maximum atomic E-state index is 7.77. The third-order valence-electron chi connectivity index (χ3n) is 11.3. The van der Waals surface area contributed by atoms with Crippen molar-refractivity contribution in [2.45, 2.75) is 5.41 Å². The molecule has 3 aromatic heterocycles. The van der Waals surface area contributed by atoms with Crippen LogP contribution in [0.5, 0.6) is 23.0 Å². The largest absolute Gasteiger partial charge is 0.457 e. The molecule has 0 bridgehead atoms. The Balaban J connectivity index is 1.18. The number of anilines is 3. The van der Waals surface area contributed by atoms with Crippen LogP contribution < -0.4 is 14.4 Å². The molecule has 5 heterocycles. The van der Waals surface area contributed by atoms with Gasteiger partial charge in [-0.1, -0.05) is 72.8 Å². The van der Waals surface area contributed by atoms with Gasteiger partial charge in [0, 0.05) is 35.0 Å². The molecular weight excluding hydrogens is 679 g/mol. The van der Waals surface area contributed by atoms with Gasteiger partial charge in [-0.25, -0.2) is 4.85 Å². The van der Waals surface area contributed by atoms with Gasteiger partial charge in [0.2, 0.25) is 0 Å². The SMILES string of the molecule is [C-]#[N+]c1ccc2c(c1)c1ccccc1n2-c1cccc2c1C1(c3ccc(N4c5ccccc5Oc5ccccc54)cc3O2)c2cccnc2-c2ncccc21. The highest BCUT2D eigenvalue weighted by atomic mass is 16.5. The van der Waals surface area contributed by atoms with Gasteiger partial charge in [0.1, 0.15) is 11.5 Å². The zero-order valence-corrected chi connectivity index (χ0v) is 29.1. The van der Waals surface area contributed by atoms with E-state index >= 15 is 0 Å². The molecule has 0 saturated heterocycles. The maximum Gasteiger partial charge on any atom is 0.188 e. The Labute approximate surface area is 315 Å². The zero-order chi connectivity index (χ0) is 36.3. The molecule has 0 N–H and O–H groups in total. The molecule has 9 aromatic rings. The average Bonchev–Trinajstić information content (AvgIpc) is 3.72. The van der Waals surface area contributed by atoms with Crippen molar-refractivity contribution in [2.75, 3.05) is 4.90 Å². The van der Waals surface area contributed by atoms with Crippen LogP contribution in [0, 0.1) is 6.57 Å². The fourth-order valence-electron chi connectivity index (χ4n) is 9.24. The molecule has 1 spiro atoms. The molecule has 0 amide bonds. The quantitative estimate of drug-likeness (QED) is 0.168. The van der Waals surface area contributed by atoms with Gasteiger partial charge in [-0.2, -0.15) is 0 Å². The van der Waals surface area contributed by atoms with E-state index in [1.807, 2.05) is 73.1 Å². The van der Waals surface area contributed by atoms with Gasteiger partial charge in [-0.3, -0.25) is 9.97 Å². The summed E-state index contributed by atoms with van der Waals surface area (Å²) in [5.74, 6) is 3.08. The summed E-state index contributed by atoms with van der Waals surface area (Å²) in [5.41, 5.74) is 11.5. The highest BCUT2D eigenvalue weighted by Gasteiger charge is 2.54. The lowest BCUT2D eigenvalue weighted by molar-refractivity contribution is 0.435. The molecule has 12 rings (SSSR count). The third kappa shape index (κ3) is 3.87. The van der Waals surface area contributed by atoms with Crippen LogP contribution >= 0.6 is 0 Å². The smallest absolute Gasteiger partial charge is 0.188 e. The highest BCUT2D eigenvalue weighted by Crippen LogP contribution is 2.63. The number of aromatic nitrogens is 3. The van der Waals surface area contributed by atoms with Gasteiger partial charge >= 0.3 is 0 Å². The lowest BCUT2D eigenvalue weighted by atomic mass is 9.65. The van der Waals surface area contributed by atoms with Gasteiger partial charge in [-0.15, -0.1) is 0 Å². The summed E-state index contributed by atoms with van der Waals surface area (Å²) in [6.07, 6.45) is 3.70. The first-order chi connectivity index (χ1) is 27.2. The number of nitrogens with zero attached hydrogens (tertiary/aromatic N) is 5. The number of rotatable bonds is 2. The third-order valence-corrected chi connectivity index (χ3v) is 11.3. The highest BCUT2D eigenvalue weighted by molar-refractivity contribution is 6.10. The molecule has 55 heavy (non-hydrogen) atoms. The number of pyridine rings is 2. The van der Waals surface area contributed by atoms with E-state index in [-0.39, 0.29) is 0 Å². The Morgan fingerprint density at radius 3 is 1.89 bits per heavy atom. The summed E-state index contributed by atoms with van der Waals surface area (Å²) < 4.78 is 15.8. The minimum atomic E-state index is -0.833. The first kappa shape index (κ1) is 29.8. The lowest BCUT2D eigenvalue weighted by Gasteiger charge is -2.41. The Hall–Kier alpha value is -7.69. The van der Waals surface area contributed by atoms with Crippen molar-refractivity contribution in [3.05, 3.63) is 198 Å². The topological polar surface area (TPSA) is 56.8 Å². The van der Waals surface area contributed by atoms with Crippen LogP contribution in [0.2, 0.25) is 0 Å². The zero-order valence-electron chi connectivity index (χ0n) is 29.1. The van der Waals surface area contributed by atoms with Crippen LogP contribution in [0.3, 0.4) is 0 Å². The molecular formula is C48H27N5O2. The van der Waals surface area contributed by atoms with Gasteiger partial charge in [-0.05, 0) is 89.3 Å². The number of hydrogen-bond acceptors (Lipinski definition) is 5. The fraction of sp³-hybridized carbons (Fsp3) is 0.0208. The summed E-state index contributed by atoms with van der Waals surface area (Å²) in [6.45, 7) is 7.77. The predicted molar refractivity (Wildman–Crippen MR) is 215 cm³/mol. The molecule has 0 saturated carbocycles. The first-order valence-corrected chi connectivity index (χ1v) is 18.2. The molecule has 2 aliphatic heterocycles. The van der Waals surface area contributed by atoms with E-state index in [1.54, 1.807) is 0 Å². The average molecular weight is 706 g/mol. The molecule has 256 valence electrons. The fourth-order valence-corrected chi connectivity index (χ4v) is 9.24. The van der Waals surface area contributed by atoms with Crippen molar-refractivity contribution in [2.24, 2.45) is 0 Å². The van der Waals surface area contributed by atoms with Crippen LogP contribution in [-0.2, 0) is 5.41 Å². The van der Waals surface area contributed by atoms with Gasteiger partial charge in [0.05, 0.1) is 57.2 Å². The van der Waals surface area contributed by atoms with Gasteiger partial charge in [0.25, 0.3) is 0 Å². The second kappa shape index (κ2) is 10.9. The van der Waals surface area contributed by atoms with Crippen molar-refractivity contribution in [1.82, 2.24) is 14.5 Å². The summed E-state index contributed by atoms with van der Waals surface area (Å²) in [6, 6.07) is 51.9. The Morgan fingerprint density at radius 1 is 0.509 bits per heavy atom. The van der Waals surface area contributed by atoms with E-state index < -0.39 is 5.41 Å². The van der Waals surface area contributed by atoms with Crippen LogP contribution in [0.4, 0.5) is 22.7 Å². The number of hydrogen-bond donors (Lipinski definition) is 0. The Kier molecular flexibility index (Phi) is 5.92. The van der Waals surface area contributed by atoms with E-state index in [4.69, 9.17) is 26.0 Å². The van der Waals surface area contributed by atoms with E-state index in [2.05, 4.69) is 105 Å². The van der Waals surface area contributed by atoms with Crippen LogP contribution in [0.25, 0.3) is 43.7 Å². The summed E-state index contributed by atoms with van der Waals surface area (Å²) in [4.78, 5) is 16.0. The lowest BCUT2D eigenvalue weighted by Crippen LogP contribution is -2.34. The van der Waals surface area contributed by atoms with Crippen LogP contribution in [-0.4, -0.2) is 14.5 Å². The van der Waals surface area contributed by atoms with E-state index in [1.165, 1.54) is 0 Å². The minimum Gasteiger partial charge on any atom is -0.457 e. The molecule has 3 aliphatic rings. The molecule has 1 aliphatic carbocycles. The molecule has 0 atom stereocenters. The Bertz CT molecular complexity index is 3070. The Morgan fingerprint density at radius 2 is 1.15 bits per heavy atom. The van der Waals surface area contributed by atoms with E-state index in [9.17, 15) is 0 Å². The number of ether oxygens (including phenoxy) is 2. The molecule has 7 heteroatoms. The molecule has 0 unspecified atom stereocenters. The molecule has 6 aromatic carbocycles. The summed E-state index contributed by atoms with van der Waals surface area (Å²) in [7, 11) is 0. The van der Waals surface area contributed by atoms with Crippen LogP contribution in [0.15, 0.2) is 164 Å². The second-order valence-electron chi connectivity index (χ2n) is 14.0. The maximum absolute atomic E-state index is 7.77. The van der Waals surface area contributed by atoms with Crippen molar-refractivity contribution >= 4 is 44.6 Å². The van der Waals surface area contributed by atoms with Crippen molar-refractivity contribution in [1.29, 1.82) is 0 Å². The van der Waals surface area contributed by atoms with Crippen molar-refractivity contribution < 1.29 is 9.47 Å². The number of para-hydroxylation sites is 5. The molecule has 0 fully saturated rings. The van der Waals surface area contributed by atoms with Gasteiger partial charge in [0.15, 0.2) is 17.2 Å². The second-order valence-corrected chi connectivity index (χ2v) is 14.0. The molecule has 0 radical (unpaired) electrons.